The molecule has 0 radical (unpaired) electrons. The number of carbonyl (C=O) groups is 2. The summed E-state index contributed by atoms with van der Waals surface area (Å²) < 4.78 is 36.4. The van der Waals surface area contributed by atoms with Crippen LogP contribution in [0, 0.1) is 0 Å². The highest BCUT2D eigenvalue weighted by molar-refractivity contribution is 7.92. The summed E-state index contributed by atoms with van der Waals surface area (Å²) in [7, 11) is -3.63. The number of unbranched alkanes of at least 4 members (excludes halogenated alkanes) is 1. The van der Waals surface area contributed by atoms with Crippen molar-refractivity contribution in [1.82, 2.24) is 0 Å². The van der Waals surface area contributed by atoms with E-state index >= 15 is 0 Å². The molecule has 8 heteroatoms. The highest BCUT2D eigenvalue weighted by atomic mass is 32.2. The number of carbonyl (C=O) groups excluding carboxylic acids is 2. The number of hydrogen-bond donors (Lipinski definition) is 1. The van der Waals surface area contributed by atoms with Crippen LogP contribution in [0.5, 0.6) is 0 Å². The number of benzene rings is 1. The fraction of sp³-hybridized carbons (Fsp3) is 0.500. The SMILES string of the molecule is CCCCS(=O)(=O)Nc1cc(C(=O)OCC)ccc1C(=O)OCC. The summed E-state index contributed by atoms with van der Waals surface area (Å²) in [6, 6.07) is 4.03. The van der Waals surface area contributed by atoms with Crippen LogP contribution in [0.1, 0.15) is 54.3 Å². The second kappa shape index (κ2) is 9.27. The van der Waals surface area contributed by atoms with Crippen molar-refractivity contribution in [3.05, 3.63) is 29.3 Å². The fourth-order valence-electron chi connectivity index (χ4n) is 1.91. The number of ether oxygens (including phenoxy) is 2. The van der Waals surface area contributed by atoms with Crippen LogP contribution in [0.15, 0.2) is 18.2 Å². The Balaban J connectivity index is 3.21. The number of esters is 2. The Morgan fingerprint density at radius 3 is 2.25 bits per heavy atom. The normalized spacial score (nSPS) is 11.0. The minimum Gasteiger partial charge on any atom is -0.462 e. The molecule has 0 bridgehead atoms. The van der Waals surface area contributed by atoms with Crippen molar-refractivity contribution in [2.75, 3.05) is 23.7 Å². The summed E-state index contributed by atoms with van der Waals surface area (Å²) in [5.74, 6) is -1.34. The third-order valence-electron chi connectivity index (χ3n) is 3.06. The minimum absolute atomic E-state index is 0.00936. The van der Waals surface area contributed by atoms with Gasteiger partial charge >= 0.3 is 11.9 Å². The molecule has 0 amide bonds. The molecular weight excluding hydrogens is 334 g/mol. The van der Waals surface area contributed by atoms with Gasteiger partial charge in [-0.2, -0.15) is 0 Å². The topological polar surface area (TPSA) is 98.8 Å². The maximum absolute atomic E-state index is 12.1. The Labute approximate surface area is 142 Å². The lowest BCUT2D eigenvalue weighted by molar-refractivity contribution is 0.0512. The van der Waals surface area contributed by atoms with Gasteiger partial charge in [0.2, 0.25) is 10.0 Å². The van der Waals surface area contributed by atoms with Crippen molar-refractivity contribution >= 4 is 27.6 Å². The molecule has 0 saturated carbocycles. The molecule has 0 atom stereocenters. The average molecular weight is 357 g/mol. The predicted molar refractivity (Wildman–Crippen MR) is 90.7 cm³/mol. The van der Waals surface area contributed by atoms with Gasteiger partial charge in [0.25, 0.3) is 0 Å². The largest absolute Gasteiger partial charge is 0.462 e. The van der Waals surface area contributed by atoms with Crippen molar-refractivity contribution in [3.8, 4) is 0 Å². The van der Waals surface area contributed by atoms with Gasteiger partial charge < -0.3 is 9.47 Å². The highest BCUT2D eigenvalue weighted by Crippen LogP contribution is 2.21. The van der Waals surface area contributed by atoms with E-state index in [0.29, 0.717) is 12.8 Å². The Bertz CT molecular complexity index is 684. The lowest BCUT2D eigenvalue weighted by Gasteiger charge is -2.13. The van der Waals surface area contributed by atoms with E-state index in [4.69, 9.17) is 9.47 Å². The van der Waals surface area contributed by atoms with E-state index in [1.54, 1.807) is 13.8 Å². The summed E-state index contributed by atoms with van der Waals surface area (Å²) in [5.41, 5.74) is 0.207. The summed E-state index contributed by atoms with van der Waals surface area (Å²) in [6.07, 6.45) is 1.20. The third kappa shape index (κ3) is 5.84. The van der Waals surface area contributed by atoms with Crippen LogP contribution in [0.25, 0.3) is 0 Å². The van der Waals surface area contributed by atoms with Crippen LogP contribution in [-0.4, -0.2) is 39.3 Å². The lowest BCUT2D eigenvalue weighted by Crippen LogP contribution is -2.20. The molecule has 0 saturated heterocycles. The van der Waals surface area contributed by atoms with Gasteiger partial charge in [-0.15, -0.1) is 0 Å². The van der Waals surface area contributed by atoms with Crippen molar-refractivity contribution in [1.29, 1.82) is 0 Å². The maximum Gasteiger partial charge on any atom is 0.340 e. The summed E-state index contributed by atoms with van der Waals surface area (Å²) in [6.45, 7) is 5.53. The molecule has 0 unspecified atom stereocenters. The quantitative estimate of drug-likeness (QED) is 0.682. The van der Waals surface area contributed by atoms with Gasteiger partial charge in [0.15, 0.2) is 0 Å². The average Bonchev–Trinajstić information content (AvgIpc) is 2.53. The second-order valence-corrected chi connectivity index (χ2v) is 6.82. The Hall–Kier alpha value is -2.09. The first-order valence-corrected chi connectivity index (χ1v) is 9.48. The van der Waals surface area contributed by atoms with Crippen LogP contribution >= 0.6 is 0 Å². The standard InChI is InChI=1S/C16H23NO6S/c1-4-7-10-24(20,21)17-14-11-12(15(18)22-5-2)8-9-13(14)16(19)23-6-3/h8-9,11,17H,4-7,10H2,1-3H3. The van der Waals surface area contributed by atoms with Gasteiger partial charge in [-0.1, -0.05) is 13.3 Å². The van der Waals surface area contributed by atoms with E-state index < -0.39 is 22.0 Å². The number of hydrogen-bond acceptors (Lipinski definition) is 6. The third-order valence-corrected chi connectivity index (χ3v) is 4.42. The molecular formula is C16H23NO6S. The molecule has 1 aromatic rings. The number of rotatable bonds is 9. The van der Waals surface area contributed by atoms with Crippen molar-refractivity contribution < 1.29 is 27.5 Å². The zero-order chi connectivity index (χ0) is 18.2. The van der Waals surface area contributed by atoms with Gasteiger partial charge in [-0.25, -0.2) is 18.0 Å². The molecule has 7 nitrogen and oxygen atoms in total. The Kier molecular flexibility index (Phi) is 7.70. The maximum atomic E-state index is 12.1. The summed E-state index contributed by atoms with van der Waals surface area (Å²) in [5, 5.41) is 0. The molecule has 134 valence electrons. The van der Waals surface area contributed by atoms with Gasteiger partial charge in [-0.05, 0) is 38.5 Å². The van der Waals surface area contributed by atoms with Gasteiger partial charge in [0.05, 0.1) is 35.8 Å². The van der Waals surface area contributed by atoms with Crippen molar-refractivity contribution in [2.45, 2.75) is 33.6 Å². The minimum atomic E-state index is -3.63. The molecule has 24 heavy (non-hydrogen) atoms. The van der Waals surface area contributed by atoms with Crippen molar-refractivity contribution in [3.63, 3.8) is 0 Å². The number of nitrogens with one attached hydrogen (secondary N) is 1. The lowest BCUT2D eigenvalue weighted by atomic mass is 10.1. The first-order valence-electron chi connectivity index (χ1n) is 7.83. The van der Waals surface area contributed by atoms with Crippen LogP contribution in [-0.2, 0) is 19.5 Å². The molecule has 1 N–H and O–H groups in total. The Morgan fingerprint density at radius 1 is 1.04 bits per heavy atom. The molecule has 0 spiro atoms. The molecule has 0 aliphatic carbocycles. The molecule has 0 aliphatic rings. The van der Waals surface area contributed by atoms with E-state index in [1.165, 1.54) is 18.2 Å². The van der Waals surface area contributed by atoms with Crippen molar-refractivity contribution in [2.24, 2.45) is 0 Å². The molecule has 0 heterocycles. The molecule has 1 aromatic carbocycles. The van der Waals surface area contributed by atoms with E-state index in [-0.39, 0.29) is 35.8 Å². The van der Waals surface area contributed by atoms with Crippen LogP contribution in [0.3, 0.4) is 0 Å². The predicted octanol–water partition coefficient (Wildman–Crippen LogP) is 2.58. The first-order chi connectivity index (χ1) is 11.3. The zero-order valence-electron chi connectivity index (χ0n) is 14.1. The number of sulfonamides is 1. The van der Waals surface area contributed by atoms with E-state index in [9.17, 15) is 18.0 Å². The van der Waals surface area contributed by atoms with E-state index in [0.717, 1.165) is 0 Å². The van der Waals surface area contributed by atoms with Crippen LogP contribution in [0.2, 0.25) is 0 Å². The Morgan fingerprint density at radius 2 is 1.67 bits per heavy atom. The molecule has 0 fully saturated rings. The van der Waals surface area contributed by atoms with Crippen LogP contribution < -0.4 is 4.72 Å². The zero-order valence-corrected chi connectivity index (χ0v) is 14.9. The first kappa shape index (κ1) is 20.0. The number of anilines is 1. The van der Waals surface area contributed by atoms with Gasteiger partial charge in [0.1, 0.15) is 0 Å². The second-order valence-electron chi connectivity index (χ2n) is 4.98. The highest BCUT2D eigenvalue weighted by Gasteiger charge is 2.20. The van der Waals surface area contributed by atoms with Gasteiger partial charge in [0, 0.05) is 0 Å². The molecule has 0 aliphatic heterocycles. The van der Waals surface area contributed by atoms with E-state index in [1.807, 2.05) is 6.92 Å². The monoisotopic (exact) mass is 357 g/mol. The smallest absolute Gasteiger partial charge is 0.340 e. The van der Waals surface area contributed by atoms with Gasteiger partial charge in [-0.3, -0.25) is 4.72 Å². The summed E-state index contributed by atoms with van der Waals surface area (Å²) >= 11 is 0. The summed E-state index contributed by atoms with van der Waals surface area (Å²) in [4.78, 5) is 23.8. The fourth-order valence-corrected chi connectivity index (χ4v) is 3.18. The van der Waals surface area contributed by atoms with E-state index in [2.05, 4.69) is 4.72 Å². The molecule has 0 aromatic heterocycles. The molecule has 1 rings (SSSR count). The van der Waals surface area contributed by atoms with Crippen LogP contribution in [0.4, 0.5) is 5.69 Å².